The van der Waals surface area contributed by atoms with Gasteiger partial charge in [0.1, 0.15) is 18.0 Å². The number of amides is 1. The fourth-order valence-corrected chi connectivity index (χ4v) is 2.59. The number of benzene rings is 1. The van der Waals surface area contributed by atoms with Gasteiger partial charge in [-0.25, -0.2) is 0 Å². The quantitative estimate of drug-likeness (QED) is 0.800. The van der Waals surface area contributed by atoms with Gasteiger partial charge in [0.2, 0.25) is 0 Å². The molecule has 1 aliphatic heterocycles. The molecule has 1 aliphatic rings. The van der Waals surface area contributed by atoms with E-state index >= 15 is 0 Å². The molecule has 0 radical (unpaired) electrons. The van der Waals surface area contributed by atoms with Gasteiger partial charge in [-0.3, -0.25) is 9.69 Å². The summed E-state index contributed by atoms with van der Waals surface area (Å²) in [5, 5.41) is 2.88. The maximum Gasteiger partial charge on any atom is 0.256 e. The van der Waals surface area contributed by atoms with Crippen molar-refractivity contribution in [3.05, 3.63) is 24.3 Å². The lowest BCUT2D eigenvalue weighted by Gasteiger charge is -2.25. The predicted molar refractivity (Wildman–Crippen MR) is 91.9 cm³/mol. The van der Waals surface area contributed by atoms with Crippen LogP contribution in [0.25, 0.3) is 0 Å². The monoisotopic (exact) mass is 320 g/mol. The average Bonchev–Trinajstić information content (AvgIpc) is 3.09. The molecule has 1 aromatic rings. The summed E-state index contributed by atoms with van der Waals surface area (Å²) in [5.41, 5.74) is -0.0520. The maximum atomic E-state index is 12.2. The van der Waals surface area contributed by atoms with E-state index in [1.54, 1.807) is 14.0 Å². The fraction of sp³-hybridized carbons (Fsp3) is 0.611. The number of nitrogens with one attached hydrogen (secondary N) is 1. The van der Waals surface area contributed by atoms with Gasteiger partial charge in [0.05, 0.1) is 0 Å². The maximum absolute atomic E-state index is 12.2. The van der Waals surface area contributed by atoms with Crippen molar-refractivity contribution in [1.82, 2.24) is 4.90 Å². The summed E-state index contributed by atoms with van der Waals surface area (Å²) in [4.78, 5) is 14.6. The molecule has 5 heteroatoms. The third kappa shape index (κ3) is 4.94. The summed E-state index contributed by atoms with van der Waals surface area (Å²) in [6.07, 6.45) is 3.21. The third-order valence-corrected chi connectivity index (χ3v) is 4.59. The molecule has 23 heavy (non-hydrogen) atoms. The van der Waals surface area contributed by atoms with Gasteiger partial charge in [0, 0.05) is 19.3 Å². The first-order valence-electron chi connectivity index (χ1n) is 8.39. The van der Waals surface area contributed by atoms with Crippen molar-refractivity contribution in [1.29, 1.82) is 0 Å². The van der Waals surface area contributed by atoms with Crippen LogP contribution in [0.5, 0.6) is 5.75 Å². The first-order chi connectivity index (χ1) is 11.1. The molecule has 0 bridgehead atoms. The van der Waals surface area contributed by atoms with E-state index in [9.17, 15) is 4.79 Å². The number of hydrogen-bond donors (Lipinski definition) is 1. The highest BCUT2D eigenvalue weighted by atomic mass is 16.5. The van der Waals surface area contributed by atoms with Crippen LogP contribution in [0.1, 0.15) is 33.1 Å². The lowest BCUT2D eigenvalue weighted by molar-refractivity contribution is -0.136. The van der Waals surface area contributed by atoms with Crippen LogP contribution in [0.15, 0.2) is 24.3 Å². The van der Waals surface area contributed by atoms with E-state index in [0.717, 1.165) is 18.0 Å². The van der Waals surface area contributed by atoms with E-state index in [4.69, 9.17) is 9.47 Å². The topological polar surface area (TPSA) is 50.8 Å². The van der Waals surface area contributed by atoms with Crippen LogP contribution in [-0.2, 0) is 9.53 Å². The van der Waals surface area contributed by atoms with Crippen molar-refractivity contribution in [2.24, 2.45) is 0 Å². The first kappa shape index (κ1) is 17.8. The Balaban J connectivity index is 1.80. The summed E-state index contributed by atoms with van der Waals surface area (Å²) in [6, 6.07) is 7.48. The molecule has 0 saturated carbocycles. The van der Waals surface area contributed by atoms with E-state index in [0.29, 0.717) is 13.0 Å². The van der Waals surface area contributed by atoms with Crippen LogP contribution in [0.4, 0.5) is 5.69 Å². The highest BCUT2D eigenvalue weighted by molar-refractivity contribution is 5.97. The number of anilines is 1. The van der Waals surface area contributed by atoms with Crippen LogP contribution in [0, 0.1) is 0 Å². The van der Waals surface area contributed by atoms with Crippen LogP contribution in [0.2, 0.25) is 0 Å². The van der Waals surface area contributed by atoms with E-state index in [2.05, 4.69) is 10.2 Å². The Morgan fingerprint density at radius 1 is 1.26 bits per heavy atom. The molecule has 1 heterocycles. The summed E-state index contributed by atoms with van der Waals surface area (Å²) in [5.74, 6) is 0.692. The largest absolute Gasteiger partial charge is 0.492 e. The molecule has 5 nitrogen and oxygen atoms in total. The van der Waals surface area contributed by atoms with E-state index < -0.39 is 5.60 Å². The Morgan fingerprint density at radius 2 is 1.91 bits per heavy atom. The molecule has 1 atom stereocenters. The molecular formula is C18H28N2O3. The van der Waals surface area contributed by atoms with Crippen molar-refractivity contribution in [3.63, 3.8) is 0 Å². The molecule has 0 aliphatic carbocycles. The van der Waals surface area contributed by atoms with Gasteiger partial charge in [-0.05, 0) is 63.5 Å². The molecule has 1 amide bonds. The van der Waals surface area contributed by atoms with Crippen molar-refractivity contribution in [2.45, 2.75) is 38.7 Å². The summed E-state index contributed by atoms with van der Waals surface area (Å²) in [6.45, 7) is 7.76. The van der Waals surface area contributed by atoms with Gasteiger partial charge in [-0.2, -0.15) is 0 Å². The van der Waals surface area contributed by atoms with E-state index in [1.165, 1.54) is 25.9 Å². The Hall–Kier alpha value is -1.59. The van der Waals surface area contributed by atoms with Crippen molar-refractivity contribution < 1.29 is 14.3 Å². The molecule has 1 fully saturated rings. The summed E-state index contributed by atoms with van der Waals surface area (Å²) in [7, 11) is 1.56. The highest BCUT2D eigenvalue weighted by Crippen LogP contribution is 2.20. The predicted octanol–water partition coefficient (Wildman–Crippen LogP) is 2.91. The zero-order valence-corrected chi connectivity index (χ0v) is 14.4. The van der Waals surface area contributed by atoms with Crippen LogP contribution < -0.4 is 10.1 Å². The molecule has 0 spiro atoms. The van der Waals surface area contributed by atoms with Crippen LogP contribution in [0.3, 0.4) is 0 Å². The minimum atomic E-state index is -0.801. The first-order valence-corrected chi connectivity index (χ1v) is 8.39. The number of carbonyl (C=O) groups excluding carboxylic acids is 1. The van der Waals surface area contributed by atoms with E-state index in [1.807, 2.05) is 31.2 Å². The fourth-order valence-electron chi connectivity index (χ4n) is 2.59. The number of rotatable bonds is 8. The second-order valence-corrected chi connectivity index (χ2v) is 6.16. The second kappa shape index (κ2) is 8.31. The zero-order chi connectivity index (χ0) is 16.7. The number of ether oxygens (including phenoxy) is 2. The van der Waals surface area contributed by atoms with Gasteiger partial charge < -0.3 is 14.8 Å². The van der Waals surface area contributed by atoms with Gasteiger partial charge in [-0.15, -0.1) is 0 Å². The Morgan fingerprint density at radius 3 is 2.48 bits per heavy atom. The molecule has 1 saturated heterocycles. The van der Waals surface area contributed by atoms with Crippen molar-refractivity contribution in [2.75, 3.05) is 38.7 Å². The number of hydrogen-bond acceptors (Lipinski definition) is 4. The van der Waals surface area contributed by atoms with Gasteiger partial charge in [0.15, 0.2) is 0 Å². The zero-order valence-electron chi connectivity index (χ0n) is 14.4. The highest BCUT2D eigenvalue weighted by Gasteiger charge is 2.30. The summed E-state index contributed by atoms with van der Waals surface area (Å²) < 4.78 is 11.1. The van der Waals surface area contributed by atoms with Gasteiger partial charge in [0.25, 0.3) is 5.91 Å². The average molecular weight is 320 g/mol. The lowest BCUT2D eigenvalue weighted by atomic mass is 10.0. The Bertz CT molecular complexity index is 491. The SMILES string of the molecule is CCC(C)(OC)C(=O)Nc1ccc(OCCN2CCCC2)cc1. The van der Waals surface area contributed by atoms with Crippen molar-refractivity contribution >= 4 is 11.6 Å². The molecule has 1 aromatic carbocycles. The molecule has 128 valence electrons. The number of carbonyl (C=O) groups is 1. The molecule has 0 aromatic heterocycles. The number of methoxy groups -OCH3 is 1. The smallest absolute Gasteiger partial charge is 0.256 e. The minimum absolute atomic E-state index is 0.134. The lowest BCUT2D eigenvalue weighted by Crippen LogP contribution is -2.41. The second-order valence-electron chi connectivity index (χ2n) is 6.16. The van der Waals surface area contributed by atoms with Crippen LogP contribution >= 0.6 is 0 Å². The Labute approximate surface area is 139 Å². The molecule has 1 N–H and O–H groups in total. The minimum Gasteiger partial charge on any atom is -0.492 e. The molecular weight excluding hydrogens is 292 g/mol. The molecule has 1 unspecified atom stereocenters. The number of likely N-dealkylation sites (tertiary alicyclic amines) is 1. The summed E-state index contributed by atoms with van der Waals surface area (Å²) >= 11 is 0. The third-order valence-electron chi connectivity index (χ3n) is 4.59. The standard InChI is InChI=1S/C18H28N2O3/c1-4-18(2,22-3)17(21)19-15-7-9-16(10-8-15)23-14-13-20-11-5-6-12-20/h7-10H,4-6,11-14H2,1-3H3,(H,19,21). The van der Waals surface area contributed by atoms with Crippen molar-refractivity contribution in [3.8, 4) is 5.75 Å². The normalized spacial score (nSPS) is 17.7. The Kier molecular flexibility index (Phi) is 6.42. The van der Waals surface area contributed by atoms with Crippen LogP contribution in [-0.4, -0.2) is 49.8 Å². The van der Waals surface area contributed by atoms with Gasteiger partial charge in [-0.1, -0.05) is 6.92 Å². The van der Waals surface area contributed by atoms with E-state index in [-0.39, 0.29) is 5.91 Å². The molecule has 2 rings (SSSR count). The van der Waals surface area contributed by atoms with Gasteiger partial charge >= 0.3 is 0 Å². The number of nitrogens with zero attached hydrogens (tertiary/aromatic N) is 1.